The van der Waals surface area contributed by atoms with Gasteiger partial charge in [0.1, 0.15) is 6.04 Å². The molecule has 0 saturated carbocycles. The van der Waals surface area contributed by atoms with Gasteiger partial charge in [0.25, 0.3) is 5.91 Å². The summed E-state index contributed by atoms with van der Waals surface area (Å²) in [6.07, 6.45) is 2.54. The molecule has 1 heterocycles. The van der Waals surface area contributed by atoms with Crippen molar-refractivity contribution in [2.45, 2.75) is 32.2 Å². The Bertz CT molecular complexity index is 531. The molecule has 1 N–H and O–H groups in total. The van der Waals surface area contributed by atoms with E-state index < -0.39 is 12.1 Å². The number of carbonyl (C=O) groups excluding carboxylic acids is 2. The van der Waals surface area contributed by atoms with Gasteiger partial charge in [-0.2, -0.15) is 5.26 Å². The second-order valence-electron chi connectivity index (χ2n) is 4.48. The number of benzene rings is 1. The molecule has 1 atom stereocenters. The summed E-state index contributed by atoms with van der Waals surface area (Å²) in [4.78, 5) is 25.1. The van der Waals surface area contributed by atoms with Crippen LogP contribution >= 0.6 is 0 Å². The molecular formula is C14H15N3O2. The summed E-state index contributed by atoms with van der Waals surface area (Å²) in [5.74, 6) is -0.219. The Morgan fingerprint density at radius 2 is 2.00 bits per heavy atom. The van der Waals surface area contributed by atoms with Crippen LogP contribution in [0.5, 0.6) is 0 Å². The van der Waals surface area contributed by atoms with E-state index >= 15 is 0 Å². The maximum atomic E-state index is 12.2. The zero-order chi connectivity index (χ0) is 13.8. The Balaban J connectivity index is 2.17. The Kier molecular flexibility index (Phi) is 3.81. The molecule has 5 heteroatoms. The first-order valence-corrected chi connectivity index (χ1v) is 6.32. The number of hydrogen-bond donors (Lipinski definition) is 1. The molecule has 1 aromatic carbocycles. The zero-order valence-electron chi connectivity index (χ0n) is 10.7. The van der Waals surface area contributed by atoms with Crippen molar-refractivity contribution in [2.75, 3.05) is 4.90 Å². The smallest absolute Gasteiger partial charge is 0.325 e. The van der Waals surface area contributed by atoms with Gasteiger partial charge >= 0.3 is 6.03 Å². The molecule has 0 spiro atoms. The monoisotopic (exact) mass is 257 g/mol. The van der Waals surface area contributed by atoms with E-state index in [4.69, 9.17) is 5.26 Å². The summed E-state index contributed by atoms with van der Waals surface area (Å²) in [5, 5.41) is 11.4. The third-order valence-electron chi connectivity index (χ3n) is 3.12. The Morgan fingerprint density at radius 1 is 1.32 bits per heavy atom. The van der Waals surface area contributed by atoms with E-state index in [0.29, 0.717) is 17.7 Å². The van der Waals surface area contributed by atoms with Crippen LogP contribution in [-0.2, 0) is 4.79 Å². The number of hydrogen-bond acceptors (Lipinski definition) is 3. The zero-order valence-corrected chi connectivity index (χ0v) is 10.7. The van der Waals surface area contributed by atoms with Gasteiger partial charge in [0, 0.05) is 0 Å². The highest BCUT2D eigenvalue weighted by atomic mass is 16.2. The Hall–Kier alpha value is -2.35. The third-order valence-corrected chi connectivity index (χ3v) is 3.12. The van der Waals surface area contributed by atoms with E-state index in [1.165, 1.54) is 0 Å². The highest BCUT2D eigenvalue weighted by Crippen LogP contribution is 2.21. The average Bonchev–Trinajstić information content (AvgIpc) is 2.71. The highest BCUT2D eigenvalue weighted by molar-refractivity contribution is 6.21. The molecular weight excluding hydrogens is 242 g/mol. The molecule has 2 rings (SSSR count). The predicted octanol–water partition coefficient (Wildman–Crippen LogP) is 2.17. The van der Waals surface area contributed by atoms with Crippen molar-refractivity contribution in [3.63, 3.8) is 0 Å². The summed E-state index contributed by atoms with van der Waals surface area (Å²) < 4.78 is 0. The number of nitrogens with one attached hydrogen (secondary N) is 1. The number of amides is 3. The number of nitrogens with zero attached hydrogens (tertiary/aromatic N) is 2. The fourth-order valence-corrected chi connectivity index (χ4v) is 2.06. The van der Waals surface area contributed by atoms with Crippen LogP contribution in [-0.4, -0.2) is 18.0 Å². The SMILES string of the molecule is CCCCC1NC(=O)N(c2ccc(C#N)cc2)C1=O. The first-order chi connectivity index (χ1) is 9.17. The maximum absolute atomic E-state index is 12.2. The third kappa shape index (κ3) is 2.58. The maximum Gasteiger partial charge on any atom is 0.329 e. The number of nitriles is 1. The molecule has 1 aromatic rings. The number of carbonyl (C=O) groups is 2. The van der Waals surface area contributed by atoms with Gasteiger partial charge in [0.05, 0.1) is 17.3 Å². The van der Waals surface area contributed by atoms with E-state index in [-0.39, 0.29) is 5.91 Å². The minimum Gasteiger partial charge on any atom is -0.325 e. The van der Waals surface area contributed by atoms with Crippen molar-refractivity contribution in [2.24, 2.45) is 0 Å². The summed E-state index contributed by atoms with van der Waals surface area (Å²) in [7, 11) is 0. The number of rotatable bonds is 4. The molecule has 1 aliphatic rings. The normalized spacial score (nSPS) is 18.3. The van der Waals surface area contributed by atoms with Crippen molar-refractivity contribution >= 4 is 17.6 Å². The molecule has 1 fully saturated rings. The first-order valence-electron chi connectivity index (χ1n) is 6.32. The molecule has 0 aromatic heterocycles. The van der Waals surface area contributed by atoms with Crippen molar-refractivity contribution in [1.29, 1.82) is 5.26 Å². The van der Waals surface area contributed by atoms with Crippen molar-refractivity contribution < 1.29 is 9.59 Å². The van der Waals surface area contributed by atoms with Gasteiger partial charge in [-0.15, -0.1) is 0 Å². The standard InChI is InChI=1S/C14H15N3O2/c1-2-3-4-12-13(18)17(14(19)16-12)11-7-5-10(9-15)6-8-11/h5-8,12H,2-4H2,1H3,(H,16,19). The summed E-state index contributed by atoms with van der Waals surface area (Å²) >= 11 is 0. The van der Waals surface area contributed by atoms with Gasteiger partial charge in [0.2, 0.25) is 0 Å². The van der Waals surface area contributed by atoms with Crippen LogP contribution in [0.3, 0.4) is 0 Å². The van der Waals surface area contributed by atoms with Crippen LogP contribution in [0, 0.1) is 11.3 Å². The predicted molar refractivity (Wildman–Crippen MR) is 70.5 cm³/mol. The van der Waals surface area contributed by atoms with Gasteiger partial charge in [-0.1, -0.05) is 19.8 Å². The van der Waals surface area contributed by atoms with Crippen molar-refractivity contribution in [1.82, 2.24) is 5.32 Å². The molecule has 1 aliphatic heterocycles. The van der Waals surface area contributed by atoms with E-state index in [2.05, 4.69) is 5.32 Å². The lowest BCUT2D eigenvalue weighted by atomic mass is 10.1. The first kappa shape index (κ1) is 13.1. The second-order valence-corrected chi connectivity index (χ2v) is 4.48. The summed E-state index contributed by atoms with van der Waals surface area (Å²) in [6.45, 7) is 2.04. The highest BCUT2D eigenvalue weighted by Gasteiger charge is 2.38. The van der Waals surface area contributed by atoms with Crippen LogP contribution in [0.1, 0.15) is 31.7 Å². The fourth-order valence-electron chi connectivity index (χ4n) is 2.06. The minimum absolute atomic E-state index is 0.219. The van der Waals surface area contributed by atoms with E-state index in [1.807, 2.05) is 13.0 Å². The number of anilines is 1. The minimum atomic E-state index is -0.428. The molecule has 0 bridgehead atoms. The van der Waals surface area contributed by atoms with Gasteiger partial charge in [0.15, 0.2) is 0 Å². The Morgan fingerprint density at radius 3 is 2.58 bits per heavy atom. The van der Waals surface area contributed by atoms with Crippen LogP contribution in [0.4, 0.5) is 10.5 Å². The van der Waals surface area contributed by atoms with Crippen LogP contribution in [0.25, 0.3) is 0 Å². The van der Waals surface area contributed by atoms with Gasteiger partial charge in [-0.05, 0) is 30.7 Å². The molecule has 19 heavy (non-hydrogen) atoms. The van der Waals surface area contributed by atoms with Crippen molar-refractivity contribution in [3.8, 4) is 6.07 Å². The van der Waals surface area contributed by atoms with Crippen LogP contribution in [0.2, 0.25) is 0 Å². The van der Waals surface area contributed by atoms with Gasteiger partial charge in [-0.25, -0.2) is 9.69 Å². The van der Waals surface area contributed by atoms with Crippen LogP contribution < -0.4 is 10.2 Å². The second kappa shape index (κ2) is 5.53. The molecule has 1 saturated heterocycles. The molecule has 0 radical (unpaired) electrons. The van der Waals surface area contributed by atoms with E-state index in [9.17, 15) is 9.59 Å². The fraction of sp³-hybridized carbons (Fsp3) is 0.357. The van der Waals surface area contributed by atoms with E-state index in [0.717, 1.165) is 17.7 Å². The van der Waals surface area contributed by atoms with Gasteiger partial charge in [-0.3, -0.25) is 4.79 Å². The lowest BCUT2D eigenvalue weighted by molar-refractivity contribution is -0.118. The summed E-state index contributed by atoms with van der Waals surface area (Å²) in [6, 6.07) is 7.58. The van der Waals surface area contributed by atoms with Crippen molar-refractivity contribution in [3.05, 3.63) is 29.8 Å². The molecule has 98 valence electrons. The molecule has 5 nitrogen and oxygen atoms in total. The number of unbranched alkanes of at least 4 members (excludes halogenated alkanes) is 1. The lowest BCUT2D eigenvalue weighted by Crippen LogP contribution is -2.31. The van der Waals surface area contributed by atoms with Crippen LogP contribution in [0.15, 0.2) is 24.3 Å². The largest absolute Gasteiger partial charge is 0.329 e. The van der Waals surface area contributed by atoms with Gasteiger partial charge < -0.3 is 5.32 Å². The Labute approximate surface area is 111 Å². The molecule has 1 unspecified atom stereocenters. The van der Waals surface area contributed by atoms with E-state index in [1.54, 1.807) is 24.3 Å². The topological polar surface area (TPSA) is 73.2 Å². The molecule has 3 amide bonds. The number of urea groups is 1. The molecule has 0 aliphatic carbocycles. The number of imide groups is 1. The quantitative estimate of drug-likeness (QED) is 0.840. The average molecular weight is 257 g/mol. The lowest BCUT2D eigenvalue weighted by Gasteiger charge is -2.12. The summed E-state index contributed by atoms with van der Waals surface area (Å²) in [5.41, 5.74) is 0.999.